The fourth-order valence-electron chi connectivity index (χ4n) is 1.26. The maximum Gasteiger partial charge on any atom is -0.0184 e. The van der Waals surface area contributed by atoms with Crippen LogP contribution in [-0.2, 0) is 0 Å². The Bertz CT molecular complexity index is 192. The molecule has 0 spiro atoms. The van der Waals surface area contributed by atoms with Crippen molar-refractivity contribution in [2.45, 2.75) is 32.1 Å². The van der Waals surface area contributed by atoms with Crippen molar-refractivity contribution in [2.75, 3.05) is 0 Å². The van der Waals surface area contributed by atoms with Crippen LogP contribution in [0.2, 0.25) is 0 Å². The lowest BCUT2D eigenvalue weighted by Gasteiger charge is -1.93. The van der Waals surface area contributed by atoms with E-state index in [9.17, 15) is 0 Å². The summed E-state index contributed by atoms with van der Waals surface area (Å²) in [6.07, 6.45) is 24.0. The Morgan fingerprint density at radius 3 is 2.38 bits per heavy atom. The summed E-state index contributed by atoms with van der Waals surface area (Å²) in [4.78, 5) is 0. The molecule has 0 saturated carbocycles. The van der Waals surface area contributed by atoms with Gasteiger partial charge in [0.1, 0.15) is 0 Å². The maximum absolute atomic E-state index is 3.08. The van der Waals surface area contributed by atoms with Gasteiger partial charge in [0.25, 0.3) is 0 Å². The van der Waals surface area contributed by atoms with Gasteiger partial charge in [-0.15, -0.1) is 0 Å². The summed E-state index contributed by atoms with van der Waals surface area (Å²) < 4.78 is 0. The molecule has 0 bridgehead atoms. The van der Waals surface area contributed by atoms with E-state index in [0.717, 1.165) is 0 Å². The molecule has 0 heterocycles. The average Bonchev–Trinajstić information content (AvgIpc) is 2.18. The molecular formula is C13H17. The van der Waals surface area contributed by atoms with Crippen LogP contribution in [0.25, 0.3) is 0 Å². The van der Waals surface area contributed by atoms with E-state index in [4.69, 9.17) is 0 Å². The van der Waals surface area contributed by atoms with Crippen LogP contribution in [0.4, 0.5) is 0 Å². The second-order valence-corrected chi connectivity index (χ2v) is 3.19. The van der Waals surface area contributed by atoms with Gasteiger partial charge in [-0.05, 0) is 31.8 Å². The Balaban J connectivity index is 2.39. The third-order valence-electron chi connectivity index (χ3n) is 2.01. The molecule has 0 aromatic carbocycles. The van der Waals surface area contributed by atoms with E-state index in [1.807, 2.05) is 18.2 Å². The van der Waals surface area contributed by atoms with Gasteiger partial charge in [0.05, 0.1) is 0 Å². The number of hydrogen-bond acceptors (Lipinski definition) is 0. The molecule has 0 aliphatic heterocycles. The minimum absolute atomic E-state index is 1.20. The summed E-state index contributed by atoms with van der Waals surface area (Å²) in [5.41, 5.74) is 0. The molecule has 0 fully saturated rings. The van der Waals surface area contributed by atoms with Crippen LogP contribution >= 0.6 is 0 Å². The molecule has 13 heavy (non-hydrogen) atoms. The minimum atomic E-state index is 1.20. The normalized spacial score (nSPS) is 28.9. The molecule has 1 rings (SSSR count). The lowest BCUT2D eigenvalue weighted by Crippen LogP contribution is -1.74. The summed E-state index contributed by atoms with van der Waals surface area (Å²) in [5.74, 6) is 0. The van der Waals surface area contributed by atoms with E-state index in [-0.39, 0.29) is 0 Å². The molecular weight excluding hydrogens is 156 g/mol. The maximum atomic E-state index is 3.08. The van der Waals surface area contributed by atoms with Gasteiger partial charge in [0.2, 0.25) is 0 Å². The molecule has 1 aliphatic rings. The van der Waals surface area contributed by atoms with E-state index in [0.29, 0.717) is 0 Å². The van der Waals surface area contributed by atoms with Crippen LogP contribution in [0.3, 0.4) is 0 Å². The van der Waals surface area contributed by atoms with Crippen molar-refractivity contribution in [3.63, 3.8) is 0 Å². The van der Waals surface area contributed by atoms with Crippen molar-refractivity contribution >= 4 is 0 Å². The van der Waals surface area contributed by atoms with E-state index in [1.54, 1.807) is 0 Å². The molecule has 69 valence electrons. The summed E-state index contributed by atoms with van der Waals surface area (Å²) in [5, 5.41) is 0. The van der Waals surface area contributed by atoms with Crippen molar-refractivity contribution in [3.05, 3.63) is 48.6 Å². The van der Waals surface area contributed by atoms with Gasteiger partial charge < -0.3 is 0 Å². The van der Waals surface area contributed by atoms with Crippen molar-refractivity contribution in [1.82, 2.24) is 0 Å². The Morgan fingerprint density at radius 2 is 1.54 bits per heavy atom. The van der Waals surface area contributed by atoms with Crippen molar-refractivity contribution in [1.29, 1.82) is 0 Å². The first-order chi connectivity index (χ1) is 6.50. The van der Waals surface area contributed by atoms with E-state index in [1.165, 1.54) is 32.1 Å². The highest BCUT2D eigenvalue weighted by molar-refractivity contribution is 5.11. The molecule has 0 heteroatoms. The highest BCUT2D eigenvalue weighted by atomic mass is 13.9. The van der Waals surface area contributed by atoms with Crippen molar-refractivity contribution < 1.29 is 0 Å². The third-order valence-corrected chi connectivity index (χ3v) is 2.01. The number of allylic oxidation sites excluding steroid dienone is 8. The molecule has 1 aliphatic carbocycles. The highest BCUT2D eigenvalue weighted by Crippen LogP contribution is 2.04. The summed E-state index contributed by atoms with van der Waals surface area (Å²) in [6.45, 7) is 0. The quantitative estimate of drug-likeness (QED) is 0.520. The summed E-state index contributed by atoms with van der Waals surface area (Å²) in [7, 11) is 0. The Labute approximate surface area is 81.4 Å². The topological polar surface area (TPSA) is 0 Å². The zero-order valence-corrected chi connectivity index (χ0v) is 8.08. The average molecular weight is 173 g/mol. The Hall–Kier alpha value is -1.04. The molecule has 0 amide bonds. The SMILES string of the molecule is [C]1=C/C=C\CCCCC/C=C/C=C/1. The van der Waals surface area contributed by atoms with Crippen LogP contribution in [0, 0.1) is 6.08 Å². The summed E-state index contributed by atoms with van der Waals surface area (Å²) in [6, 6.07) is 0. The molecule has 0 unspecified atom stereocenters. The van der Waals surface area contributed by atoms with E-state index < -0.39 is 0 Å². The number of rotatable bonds is 0. The van der Waals surface area contributed by atoms with Gasteiger partial charge in [-0.25, -0.2) is 0 Å². The van der Waals surface area contributed by atoms with Gasteiger partial charge in [-0.3, -0.25) is 0 Å². The third kappa shape index (κ3) is 6.15. The predicted octanol–water partition coefficient (Wildman–Crippen LogP) is 3.98. The molecule has 0 atom stereocenters. The van der Waals surface area contributed by atoms with Crippen molar-refractivity contribution in [3.8, 4) is 0 Å². The van der Waals surface area contributed by atoms with Crippen molar-refractivity contribution in [2.24, 2.45) is 0 Å². The predicted molar refractivity (Wildman–Crippen MR) is 58.3 cm³/mol. The Kier molecular flexibility index (Phi) is 5.87. The molecule has 0 N–H and O–H groups in total. The largest absolute Gasteiger partial charge is 0.0845 e. The fraction of sp³-hybridized carbons (Fsp3) is 0.385. The van der Waals surface area contributed by atoms with Gasteiger partial charge in [0.15, 0.2) is 0 Å². The molecule has 0 aromatic rings. The van der Waals surface area contributed by atoms with Crippen LogP contribution in [-0.4, -0.2) is 0 Å². The smallest absolute Gasteiger partial charge is 0.0184 e. The molecule has 1 radical (unpaired) electrons. The molecule has 0 saturated heterocycles. The molecule has 0 aromatic heterocycles. The zero-order chi connectivity index (χ0) is 9.19. The Morgan fingerprint density at radius 1 is 0.769 bits per heavy atom. The second kappa shape index (κ2) is 7.60. The first-order valence-corrected chi connectivity index (χ1v) is 5.06. The highest BCUT2D eigenvalue weighted by Gasteiger charge is 1.85. The zero-order valence-electron chi connectivity index (χ0n) is 8.08. The fourth-order valence-corrected chi connectivity index (χ4v) is 1.26. The van der Waals surface area contributed by atoms with Crippen LogP contribution in [0.5, 0.6) is 0 Å². The first-order valence-electron chi connectivity index (χ1n) is 5.06. The second-order valence-electron chi connectivity index (χ2n) is 3.19. The van der Waals surface area contributed by atoms with Gasteiger partial charge in [-0.2, -0.15) is 0 Å². The van der Waals surface area contributed by atoms with Gasteiger partial charge in [-0.1, -0.05) is 49.0 Å². The first kappa shape index (κ1) is 10.0. The van der Waals surface area contributed by atoms with Crippen LogP contribution < -0.4 is 0 Å². The van der Waals surface area contributed by atoms with Crippen LogP contribution in [0.15, 0.2) is 42.5 Å². The van der Waals surface area contributed by atoms with Gasteiger partial charge in [0, 0.05) is 0 Å². The van der Waals surface area contributed by atoms with E-state index >= 15 is 0 Å². The molecule has 0 nitrogen and oxygen atoms in total. The summed E-state index contributed by atoms with van der Waals surface area (Å²) >= 11 is 0. The monoisotopic (exact) mass is 173 g/mol. The lowest BCUT2D eigenvalue weighted by molar-refractivity contribution is 0.696. The minimum Gasteiger partial charge on any atom is -0.0845 e. The van der Waals surface area contributed by atoms with Gasteiger partial charge >= 0.3 is 0 Å². The number of hydrogen-bond donors (Lipinski definition) is 0. The standard InChI is InChI=1S/C13H17/c1-2-4-6-8-10-12-13-11-9-7-5-3-1/h1-4,8,10,12H,5,7,9,11,13H2/b3-1+,4-2+,8-6?,12-10-. The van der Waals surface area contributed by atoms with Crippen LogP contribution in [0.1, 0.15) is 32.1 Å². The van der Waals surface area contributed by atoms with E-state index in [2.05, 4.69) is 30.4 Å². The lowest BCUT2D eigenvalue weighted by atomic mass is 10.1.